The van der Waals surface area contributed by atoms with Crippen molar-refractivity contribution in [3.8, 4) is 0 Å². The van der Waals surface area contributed by atoms with Crippen molar-refractivity contribution in [3.63, 3.8) is 0 Å². The molecule has 0 aromatic carbocycles. The molecule has 1 atom stereocenters. The predicted molar refractivity (Wildman–Crippen MR) is 293 cm³/mol. The van der Waals surface area contributed by atoms with Crippen LogP contribution >= 0.6 is 0 Å². The first kappa shape index (κ1) is 65.4. The Labute approximate surface area is 419 Å². The summed E-state index contributed by atoms with van der Waals surface area (Å²) >= 11 is 0. The Bertz CT molecular complexity index is 1020. The monoisotopic (exact) mass is 943 g/mol. The second kappa shape index (κ2) is 58.7. The number of carbonyl (C=O) groups is 2. The van der Waals surface area contributed by atoms with Crippen molar-refractivity contribution in [2.75, 3.05) is 13.2 Å². The first-order chi connectivity index (χ1) is 33.1. The molecule has 396 valence electrons. The number of hydrogen-bond acceptors (Lipinski definition) is 5. The van der Waals surface area contributed by atoms with Gasteiger partial charge in [0.2, 0.25) is 0 Å². The van der Waals surface area contributed by atoms with Crippen LogP contribution < -0.4 is 0 Å². The third-order valence-corrected chi connectivity index (χ3v) is 14.0. The molecule has 0 radical (unpaired) electrons. The van der Waals surface area contributed by atoms with E-state index in [-0.39, 0.29) is 25.2 Å². The maximum absolute atomic E-state index is 12.3. The fourth-order valence-corrected chi connectivity index (χ4v) is 9.41. The van der Waals surface area contributed by atoms with E-state index < -0.39 is 6.10 Å². The average Bonchev–Trinajstić information content (AvgIpc) is 3.33. The summed E-state index contributed by atoms with van der Waals surface area (Å²) in [6.45, 7) is 4.18. The summed E-state index contributed by atoms with van der Waals surface area (Å²) < 4.78 is 10.7. The van der Waals surface area contributed by atoms with E-state index in [4.69, 9.17) is 9.47 Å². The van der Waals surface area contributed by atoms with Crippen LogP contribution in [0.5, 0.6) is 0 Å². The second-order valence-electron chi connectivity index (χ2n) is 20.8. The van der Waals surface area contributed by atoms with Gasteiger partial charge in [-0.1, -0.05) is 308 Å². The highest BCUT2D eigenvalue weighted by molar-refractivity contribution is 5.70. The smallest absolute Gasteiger partial charge is 0.306 e. The van der Waals surface area contributed by atoms with Gasteiger partial charge in [0, 0.05) is 12.8 Å². The van der Waals surface area contributed by atoms with Crippen molar-refractivity contribution in [2.45, 2.75) is 347 Å². The minimum atomic E-state index is -0.771. The molecule has 0 amide bonds. The number of allylic oxidation sites excluding steroid dienone is 4. The summed E-state index contributed by atoms with van der Waals surface area (Å²) in [5.41, 5.74) is 0. The number of rotatable bonds is 57. The molecule has 0 saturated carbocycles. The highest BCUT2D eigenvalue weighted by Gasteiger charge is 2.16. The lowest BCUT2D eigenvalue weighted by molar-refractivity contribution is -0.161. The van der Waals surface area contributed by atoms with Gasteiger partial charge in [-0.3, -0.25) is 9.59 Å². The number of carbonyl (C=O) groups excluding carboxylic acids is 2. The molecule has 0 saturated heterocycles. The van der Waals surface area contributed by atoms with Crippen LogP contribution in [0.15, 0.2) is 24.3 Å². The molecule has 0 aliphatic heterocycles. The quantitative estimate of drug-likeness (QED) is 0.0374. The molecule has 0 heterocycles. The highest BCUT2D eigenvalue weighted by Crippen LogP contribution is 2.18. The number of hydrogen-bond donors (Lipinski definition) is 1. The van der Waals surface area contributed by atoms with Crippen LogP contribution in [0, 0.1) is 0 Å². The Kier molecular flexibility index (Phi) is 57.3. The molecule has 0 aromatic heterocycles. The van der Waals surface area contributed by atoms with Gasteiger partial charge in [0.1, 0.15) is 6.61 Å². The molecule has 0 aromatic rings. The average molecular weight is 944 g/mol. The van der Waals surface area contributed by atoms with E-state index in [1.54, 1.807) is 0 Å². The third kappa shape index (κ3) is 56.9. The van der Waals surface area contributed by atoms with Gasteiger partial charge in [0.05, 0.1) is 6.61 Å². The molecular formula is C62H118O5. The summed E-state index contributed by atoms with van der Waals surface area (Å²) in [4.78, 5) is 24.5. The molecule has 0 fully saturated rings. The van der Waals surface area contributed by atoms with E-state index in [2.05, 4.69) is 38.2 Å². The van der Waals surface area contributed by atoms with Gasteiger partial charge < -0.3 is 14.6 Å². The van der Waals surface area contributed by atoms with Crippen LogP contribution in [0.4, 0.5) is 0 Å². The Morgan fingerprint density at radius 1 is 0.343 bits per heavy atom. The SMILES string of the molecule is CCCCCCC/C=C\C/C=C\CCCCCCCCCCCC(=O)OC(CO)COC(=O)CCCCCCCCCCCCCCCCCCCCCCCCCCCCCCCCCC. The van der Waals surface area contributed by atoms with Crippen LogP contribution in [0.3, 0.4) is 0 Å². The third-order valence-electron chi connectivity index (χ3n) is 14.0. The zero-order valence-electron chi connectivity index (χ0n) is 45.4. The van der Waals surface area contributed by atoms with E-state index >= 15 is 0 Å². The lowest BCUT2D eigenvalue weighted by Crippen LogP contribution is -2.28. The largest absolute Gasteiger partial charge is 0.462 e. The molecule has 5 heteroatoms. The lowest BCUT2D eigenvalue weighted by Gasteiger charge is -2.15. The molecule has 1 N–H and O–H groups in total. The summed E-state index contributed by atoms with van der Waals surface area (Å²) in [7, 11) is 0. The maximum atomic E-state index is 12.3. The van der Waals surface area contributed by atoms with Crippen LogP contribution in [0.1, 0.15) is 341 Å². The number of ether oxygens (including phenoxy) is 2. The summed E-state index contributed by atoms with van der Waals surface area (Å²) in [6, 6.07) is 0. The Morgan fingerprint density at radius 3 is 0.881 bits per heavy atom. The molecule has 0 spiro atoms. The van der Waals surface area contributed by atoms with Crippen LogP contribution in [-0.2, 0) is 19.1 Å². The predicted octanol–water partition coefficient (Wildman–Crippen LogP) is 20.5. The van der Waals surface area contributed by atoms with Crippen molar-refractivity contribution in [1.29, 1.82) is 0 Å². The van der Waals surface area contributed by atoms with Crippen molar-refractivity contribution < 1.29 is 24.2 Å². The molecule has 0 rings (SSSR count). The van der Waals surface area contributed by atoms with E-state index in [9.17, 15) is 14.7 Å². The highest BCUT2D eigenvalue weighted by atomic mass is 16.6. The normalized spacial score (nSPS) is 12.2. The molecular weight excluding hydrogens is 825 g/mol. The van der Waals surface area contributed by atoms with Gasteiger partial charge in [-0.2, -0.15) is 0 Å². The Hall–Kier alpha value is -1.62. The van der Waals surface area contributed by atoms with E-state index in [0.29, 0.717) is 12.8 Å². The molecule has 1 unspecified atom stereocenters. The van der Waals surface area contributed by atoms with Crippen molar-refractivity contribution in [3.05, 3.63) is 24.3 Å². The first-order valence-electron chi connectivity index (χ1n) is 30.4. The van der Waals surface area contributed by atoms with Gasteiger partial charge in [-0.25, -0.2) is 0 Å². The standard InChI is InChI=1S/C62H118O5/c1-3-5-7-9-11-13-15-17-19-21-23-25-26-27-28-29-30-31-32-33-34-35-37-38-40-42-44-46-48-50-52-54-56-61(64)66-59-60(58-63)67-62(65)57-55-53-51-49-47-45-43-41-39-36-24-22-20-18-16-14-12-10-8-6-4-2/h16,18,22,24,60,63H,3-15,17,19-21,23,25-59H2,1-2H3/b18-16-,24-22-. The summed E-state index contributed by atoms with van der Waals surface area (Å²) in [5.74, 6) is -0.576. The van der Waals surface area contributed by atoms with Gasteiger partial charge in [0.25, 0.3) is 0 Å². The van der Waals surface area contributed by atoms with Gasteiger partial charge in [0.15, 0.2) is 6.10 Å². The number of aliphatic hydroxyl groups is 1. The van der Waals surface area contributed by atoms with E-state index in [1.165, 1.54) is 276 Å². The fourth-order valence-electron chi connectivity index (χ4n) is 9.41. The second-order valence-corrected chi connectivity index (χ2v) is 20.8. The fraction of sp³-hybridized carbons (Fsp3) is 0.903. The molecule has 0 aliphatic rings. The van der Waals surface area contributed by atoms with E-state index in [0.717, 1.165) is 38.5 Å². The Morgan fingerprint density at radius 2 is 0.597 bits per heavy atom. The number of aliphatic hydroxyl groups excluding tert-OH is 1. The molecule has 0 bridgehead atoms. The zero-order valence-corrected chi connectivity index (χ0v) is 45.4. The summed E-state index contributed by atoms with van der Waals surface area (Å²) in [5, 5.41) is 9.66. The van der Waals surface area contributed by atoms with Crippen LogP contribution in [0.25, 0.3) is 0 Å². The first-order valence-corrected chi connectivity index (χ1v) is 30.4. The summed E-state index contributed by atoms with van der Waals surface area (Å²) in [6.07, 6.45) is 74.6. The van der Waals surface area contributed by atoms with Crippen molar-refractivity contribution in [2.24, 2.45) is 0 Å². The topological polar surface area (TPSA) is 72.8 Å². The minimum absolute atomic E-state index is 0.0619. The van der Waals surface area contributed by atoms with Crippen LogP contribution in [-0.4, -0.2) is 36.4 Å². The molecule has 5 nitrogen and oxygen atoms in total. The van der Waals surface area contributed by atoms with Gasteiger partial charge >= 0.3 is 11.9 Å². The maximum Gasteiger partial charge on any atom is 0.306 e. The van der Waals surface area contributed by atoms with Gasteiger partial charge in [-0.05, 0) is 44.9 Å². The van der Waals surface area contributed by atoms with Crippen molar-refractivity contribution >= 4 is 11.9 Å². The van der Waals surface area contributed by atoms with Gasteiger partial charge in [-0.15, -0.1) is 0 Å². The minimum Gasteiger partial charge on any atom is -0.462 e. The lowest BCUT2D eigenvalue weighted by atomic mass is 10.0. The number of esters is 2. The van der Waals surface area contributed by atoms with Crippen LogP contribution in [0.2, 0.25) is 0 Å². The van der Waals surface area contributed by atoms with Crippen molar-refractivity contribution in [1.82, 2.24) is 0 Å². The zero-order chi connectivity index (χ0) is 48.5. The molecule has 67 heavy (non-hydrogen) atoms. The molecule has 0 aliphatic carbocycles. The van der Waals surface area contributed by atoms with E-state index in [1.807, 2.05) is 0 Å². The number of unbranched alkanes of at least 4 members (excludes halogenated alkanes) is 45. The Balaban J connectivity index is 3.39.